The van der Waals surface area contributed by atoms with Crippen molar-refractivity contribution >= 4 is 11.8 Å². The number of hydrogen-bond donors (Lipinski definition) is 2. The Kier molecular flexibility index (Phi) is 4.21. The summed E-state index contributed by atoms with van der Waals surface area (Å²) in [5, 5.41) is 11.8. The van der Waals surface area contributed by atoms with Gasteiger partial charge in [0.2, 0.25) is 0 Å². The van der Waals surface area contributed by atoms with Gasteiger partial charge in [0.05, 0.1) is 0 Å². The minimum absolute atomic E-state index is 0.112. The van der Waals surface area contributed by atoms with Gasteiger partial charge in [0, 0.05) is 18.3 Å². The molecular formula is C13H19N5S. The van der Waals surface area contributed by atoms with Gasteiger partial charge in [-0.25, -0.2) is 9.97 Å². The highest BCUT2D eigenvalue weighted by molar-refractivity contribution is 7.99. The molecule has 0 aliphatic carbocycles. The first-order valence-corrected chi connectivity index (χ1v) is 6.99. The van der Waals surface area contributed by atoms with Crippen LogP contribution in [0.5, 0.6) is 0 Å². The first kappa shape index (κ1) is 14.0. The van der Waals surface area contributed by atoms with Gasteiger partial charge in [-0.3, -0.25) is 5.10 Å². The van der Waals surface area contributed by atoms with Crippen LogP contribution in [0.4, 0.5) is 0 Å². The second-order valence-corrected chi connectivity index (χ2v) is 6.44. The molecule has 6 heteroatoms. The van der Waals surface area contributed by atoms with Crippen molar-refractivity contribution in [2.45, 2.75) is 50.0 Å². The molecule has 2 rings (SSSR count). The molecule has 2 aromatic heterocycles. The second-order valence-electron chi connectivity index (χ2n) is 5.46. The van der Waals surface area contributed by atoms with E-state index in [2.05, 4.69) is 59.2 Å². The monoisotopic (exact) mass is 277 g/mol. The molecule has 0 fully saturated rings. The molecule has 0 aromatic carbocycles. The number of aromatic amines is 1. The van der Waals surface area contributed by atoms with E-state index in [-0.39, 0.29) is 5.54 Å². The molecule has 102 valence electrons. The third-order valence-electron chi connectivity index (χ3n) is 2.50. The Morgan fingerprint density at radius 3 is 2.68 bits per heavy atom. The third-order valence-corrected chi connectivity index (χ3v) is 3.51. The highest BCUT2D eigenvalue weighted by atomic mass is 32.2. The van der Waals surface area contributed by atoms with Crippen molar-refractivity contribution in [3.63, 3.8) is 0 Å². The predicted octanol–water partition coefficient (Wildman–Crippen LogP) is 2.55. The Labute approximate surface area is 117 Å². The molecule has 2 aromatic rings. The number of H-pyrrole nitrogens is 1. The lowest BCUT2D eigenvalue weighted by Crippen LogP contribution is -2.35. The van der Waals surface area contributed by atoms with Crippen LogP contribution in [-0.4, -0.2) is 25.7 Å². The molecule has 0 atom stereocenters. The van der Waals surface area contributed by atoms with Crippen LogP contribution in [0.15, 0.2) is 28.8 Å². The van der Waals surface area contributed by atoms with Crippen molar-refractivity contribution in [3.05, 3.63) is 29.7 Å². The molecule has 0 bridgehead atoms. The van der Waals surface area contributed by atoms with Crippen LogP contribution < -0.4 is 5.32 Å². The van der Waals surface area contributed by atoms with Gasteiger partial charge in [-0.2, -0.15) is 5.10 Å². The summed E-state index contributed by atoms with van der Waals surface area (Å²) in [7, 11) is 0. The number of nitrogens with one attached hydrogen (secondary N) is 2. The topological polar surface area (TPSA) is 66.5 Å². The van der Waals surface area contributed by atoms with Crippen molar-refractivity contribution < 1.29 is 0 Å². The lowest BCUT2D eigenvalue weighted by atomic mass is 10.1. The summed E-state index contributed by atoms with van der Waals surface area (Å²) in [6.45, 7) is 9.35. The maximum atomic E-state index is 4.49. The SMILES string of the molecule is Cc1cc(CNC(C)(C)C)cnc1Sc1ncn[nH]1. The Morgan fingerprint density at radius 2 is 2.11 bits per heavy atom. The lowest BCUT2D eigenvalue weighted by molar-refractivity contribution is 0.424. The Bertz CT molecular complexity index is 530. The average Bonchev–Trinajstić information content (AvgIpc) is 2.81. The van der Waals surface area contributed by atoms with E-state index in [1.807, 2.05) is 6.20 Å². The summed E-state index contributed by atoms with van der Waals surface area (Å²) in [6.07, 6.45) is 3.41. The van der Waals surface area contributed by atoms with Gasteiger partial charge in [0.15, 0.2) is 5.16 Å². The fraction of sp³-hybridized carbons (Fsp3) is 0.462. The Morgan fingerprint density at radius 1 is 1.32 bits per heavy atom. The van der Waals surface area contributed by atoms with E-state index in [1.54, 1.807) is 0 Å². The quantitative estimate of drug-likeness (QED) is 0.899. The van der Waals surface area contributed by atoms with Gasteiger partial charge in [-0.15, -0.1) is 0 Å². The summed E-state index contributed by atoms with van der Waals surface area (Å²) in [4.78, 5) is 8.58. The van der Waals surface area contributed by atoms with Crippen LogP contribution in [-0.2, 0) is 6.54 Å². The highest BCUT2D eigenvalue weighted by Gasteiger charge is 2.10. The molecule has 0 spiro atoms. The first-order chi connectivity index (χ1) is 8.94. The third kappa shape index (κ3) is 4.33. The Hall–Kier alpha value is -1.40. The standard InChI is InChI=1S/C13H19N5S/c1-9-5-10(7-16-13(2,3)4)6-14-11(9)19-12-15-8-17-18-12/h5-6,8,16H,7H2,1-4H3,(H,15,17,18). The second kappa shape index (κ2) is 5.71. The van der Waals surface area contributed by atoms with Crippen molar-refractivity contribution in [1.29, 1.82) is 0 Å². The fourth-order valence-corrected chi connectivity index (χ4v) is 2.23. The molecule has 0 saturated carbocycles. The van der Waals surface area contributed by atoms with Crippen LogP contribution in [0.2, 0.25) is 0 Å². The zero-order valence-corrected chi connectivity index (χ0v) is 12.5. The molecule has 5 nitrogen and oxygen atoms in total. The minimum Gasteiger partial charge on any atom is -0.308 e. The van der Waals surface area contributed by atoms with Gasteiger partial charge in [-0.05, 0) is 50.6 Å². The molecule has 0 aliphatic heterocycles. The fourth-order valence-electron chi connectivity index (χ4n) is 1.53. The van der Waals surface area contributed by atoms with Crippen LogP contribution in [0.25, 0.3) is 0 Å². The molecule has 2 N–H and O–H groups in total. The molecule has 0 unspecified atom stereocenters. The van der Waals surface area contributed by atoms with E-state index in [0.717, 1.165) is 22.3 Å². The van der Waals surface area contributed by atoms with E-state index < -0.39 is 0 Å². The largest absolute Gasteiger partial charge is 0.308 e. The van der Waals surface area contributed by atoms with Crippen molar-refractivity contribution in [1.82, 2.24) is 25.5 Å². The number of hydrogen-bond acceptors (Lipinski definition) is 5. The number of nitrogens with zero attached hydrogens (tertiary/aromatic N) is 3. The molecule has 0 aliphatic rings. The number of rotatable bonds is 4. The zero-order chi connectivity index (χ0) is 13.9. The summed E-state index contributed by atoms with van der Waals surface area (Å²) in [5.41, 5.74) is 2.45. The summed E-state index contributed by atoms with van der Waals surface area (Å²) < 4.78 is 0. The summed E-state index contributed by atoms with van der Waals surface area (Å²) in [5.74, 6) is 0. The maximum absolute atomic E-state index is 4.49. The molecule has 0 saturated heterocycles. The maximum Gasteiger partial charge on any atom is 0.189 e. The van der Waals surface area contributed by atoms with Gasteiger partial charge in [0.25, 0.3) is 0 Å². The van der Waals surface area contributed by atoms with Crippen molar-refractivity contribution in [2.75, 3.05) is 0 Å². The van der Waals surface area contributed by atoms with E-state index in [0.29, 0.717) is 0 Å². The van der Waals surface area contributed by atoms with Crippen LogP contribution in [0.3, 0.4) is 0 Å². The first-order valence-electron chi connectivity index (χ1n) is 6.18. The van der Waals surface area contributed by atoms with E-state index in [1.165, 1.54) is 23.7 Å². The average molecular weight is 277 g/mol. The lowest BCUT2D eigenvalue weighted by Gasteiger charge is -2.20. The van der Waals surface area contributed by atoms with Crippen LogP contribution >= 0.6 is 11.8 Å². The molecule has 0 radical (unpaired) electrons. The predicted molar refractivity (Wildman–Crippen MR) is 76.1 cm³/mol. The van der Waals surface area contributed by atoms with E-state index >= 15 is 0 Å². The number of aryl methyl sites for hydroxylation is 1. The minimum atomic E-state index is 0.112. The van der Waals surface area contributed by atoms with Gasteiger partial charge < -0.3 is 5.32 Å². The summed E-state index contributed by atoms with van der Waals surface area (Å²) >= 11 is 1.49. The van der Waals surface area contributed by atoms with Crippen LogP contribution in [0.1, 0.15) is 31.9 Å². The normalized spacial score (nSPS) is 11.8. The van der Waals surface area contributed by atoms with Gasteiger partial charge in [-0.1, -0.05) is 6.07 Å². The van der Waals surface area contributed by atoms with Gasteiger partial charge >= 0.3 is 0 Å². The highest BCUT2D eigenvalue weighted by Crippen LogP contribution is 2.25. The van der Waals surface area contributed by atoms with E-state index in [9.17, 15) is 0 Å². The number of aromatic nitrogens is 4. The molecule has 0 amide bonds. The molecule has 2 heterocycles. The Balaban J connectivity index is 2.05. The zero-order valence-electron chi connectivity index (χ0n) is 11.7. The van der Waals surface area contributed by atoms with Crippen molar-refractivity contribution in [3.8, 4) is 0 Å². The van der Waals surface area contributed by atoms with Crippen LogP contribution in [0, 0.1) is 6.92 Å². The molecular weight excluding hydrogens is 258 g/mol. The van der Waals surface area contributed by atoms with Gasteiger partial charge in [0.1, 0.15) is 11.4 Å². The number of pyridine rings is 1. The molecule has 19 heavy (non-hydrogen) atoms. The summed E-state index contributed by atoms with van der Waals surface area (Å²) in [6, 6.07) is 2.16. The van der Waals surface area contributed by atoms with Crippen molar-refractivity contribution in [2.24, 2.45) is 0 Å². The van der Waals surface area contributed by atoms with E-state index in [4.69, 9.17) is 0 Å². The smallest absolute Gasteiger partial charge is 0.189 e.